The van der Waals surface area contributed by atoms with Crippen molar-refractivity contribution in [3.8, 4) is 11.8 Å². The third kappa shape index (κ3) is 3.26. The van der Waals surface area contributed by atoms with Crippen LogP contribution in [-0.2, 0) is 13.0 Å². The lowest BCUT2D eigenvalue weighted by atomic mass is 10.0. The number of anilines is 1. The van der Waals surface area contributed by atoms with Crippen LogP contribution in [-0.4, -0.2) is 13.1 Å². The van der Waals surface area contributed by atoms with Crippen LogP contribution >= 0.6 is 0 Å². The van der Waals surface area contributed by atoms with Gasteiger partial charge in [-0.1, -0.05) is 42.2 Å². The molecule has 2 heteroatoms. The molecular weight excluding hydrogens is 256 g/mol. The maximum atomic E-state index is 5.39. The normalized spacial score (nSPS) is 13.3. The van der Waals surface area contributed by atoms with Crippen molar-refractivity contribution in [2.24, 2.45) is 5.73 Å². The first-order valence-electron chi connectivity index (χ1n) is 7.47. The topological polar surface area (TPSA) is 29.3 Å². The molecule has 0 unspecified atom stereocenters. The van der Waals surface area contributed by atoms with Crippen LogP contribution in [0.5, 0.6) is 0 Å². The second-order valence-electron chi connectivity index (χ2n) is 5.36. The second-order valence-corrected chi connectivity index (χ2v) is 5.36. The van der Waals surface area contributed by atoms with Gasteiger partial charge in [0.2, 0.25) is 0 Å². The molecule has 106 valence electrons. The summed E-state index contributed by atoms with van der Waals surface area (Å²) in [5.74, 6) is 5.95. The van der Waals surface area contributed by atoms with Gasteiger partial charge in [0, 0.05) is 24.3 Å². The molecule has 2 aromatic carbocycles. The van der Waals surface area contributed by atoms with E-state index in [4.69, 9.17) is 5.73 Å². The summed E-state index contributed by atoms with van der Waals surface area (Å²) >= 11 is 0. The minimum absolute atomic E-state index is 0.409. The Kier molecular flexibility index (Phi) is 4.23. The Morgan fingerprint density at radius 3 is 2.67 bits per heavy atom. The molecule has 0 radical (unpaired) electrons. The fourth-order valence-electron chi connectivity index (χ4n) is 2.84. The lowest BCUT2D eigenvalue weighted by Crippen LogP contribution is -2.28. The number of hydrogen-bond donors (Lipinski definition) is 1. The first kappa shape index (κ1) is 13.7. The van der Waals surface area contributed by atoms with Gasteiger partial charge in [-0.3, -0.25) is 0 Å². The lowest BCUT2D eigenvalue weighted by molar-refractivity contribution is 0.691. The molecule has 0 saturated carbocycles. The molecule has 0 bridgehead atoms. The van der Waals surface area contributed by atoms with E-state index in [-0.39, 0.29) is 0 Å². The molecule has 0 amide bonds. The van der Waals surface area contributed by atoms with Gasteiger partial charge >= 0.3 is 0 Å². The molecule has 1 heterocycles. The van der Waals surface area contributed by atoms with Crippen molar-refractivity contribution in [1.82, 2.24) is 0 Å². The largest absolute Gasteiger partial charge is 0.367 e. The maximum Gasteiger partial charge on any atom is 0.0555 e. The molecule has 2 aromatic rings. The highest BCUT2D eigenvalue weighted by Crippen LogP contribution is 2.27. The number of nitrogens with zero attached hydrogens (tertiary/aromatic N) is 1. The molecule has 3 rings (SSSR count). The van der Waals surface area contributed by atoms with E-state index in [1.54, 1.807) is 0 Å². The summed E-state index contributed by atoms with van der Waals surface area (Å²) in [6.45, 7) is 2.50. The van der Waals surface area contributed by atoms with E-state index in [0.29, 0.717) is 6.54 Å². The molecule has 0 saturated heterocycles. The van der Waals surface area contributed by atoms with Crippen LogP contribution in [0.15, 0.2) is 48.5 Å². The highest BCUT2D eigenvalue weighted by Gasteiger charge is 2.15. The Morgan fingerprint density at radius 2 is 1.86 bits per heavy atom. The molecule has 0 aliphatic carbocycles. The van der Waals surface area contributed by atoms with Gasteiger partial charge in [0.1, 0.15) is 0 Å². The average molecular weight is 276 g/mol. The second kappa shape index (κ2) is 6.47. The molecule has 0 spiro atoms. The van der Waals surface area contributed by atoms with Crippen molar-refractivity contribution in [2.45, 2.75) is 19.4 Å². The zero-order valence-electron chi connectivity index (χ0n) is 12.2. The Bertz CT molecular complexity index is 662. The minimum atomic E-state index is 0.409. The molecule has 0 aromatic heterocycles. The van der Waals surface area contributed by atoms with Crippen LogP contribution in [0.2, 0.25) is 0 Å². The summed E-state index contributed by atoms with van der Waals surface area (Å²) < 4.78 is 0. The van der Waals surface area contributed by atoms with E-state index in [1.807, 2.05) is 0 Å². The third-order valence-electron chi connectivity index (χ3n) is 3.87. The number of benzene rings is 2. The van der Waals surface area contributed by atoms with Gasteiger partial charge in [-0.05, 0) is 42.2 Å². The lowest BCUT2D eigenvalue weighted by Gasteiger charge is -2.31. The van der Waals surface area contributed by atoms with Crippen molar-refractivity contribution in [1.29, 1.82) is 0 Å². The summed E-state index contributed by atoms with van der Waals surface area (Å²) in [6, 6.07) is 17.2. The van der Waals surface area contributed by atoms with Gasteiger partial charge in [-0.25, -0.2) is 0 Å². The molecule has 0 atom stereocenters. The average Bonchev–Trinajstić information content (AvgIpc) is 2.55. The van der Waals surface area contributed by atoms with Crippen molar-refractivity contribution in [2.75, 3.05) is 18.0 Å². The highest BCUT2D eigenvalue weighted by molar-refractivity contribution is 5.55. The van der Waals surface area contributed by atoms with Crippen LogP contribution < -0.4 is 10.6 Å². The van der Waals surface area contributed by atoms with Crippen LogP contribution in [0, 0.1) is 11.8 Å². The fourth-order valence-corrected chi connectivity index (χ4v) is 2.84. The van der Waals surface area contributed by atoms with Crippen LogP contribution in [0.1, 0.15) is 23.1 Å². The Hall–Kier alpha value is -2.24. The van der Waals surface area contributed by atoms with Gasteiger partial charge in [0.15, 0.2) is 0 Å². The van der Waals surface area contributed by atoms with Gasteiger partial charge in [-0.15, -0.1) is 0 Å². The summed E-state index contributed by atoms with van der Waals surface area (Å²) in [4.78, 5) is 2.47. The Morgan fingerprint density at radius 1 is 1.05 bits per heavy atom. The number of fused-ring (bicyclic) bond motifs is 1. The van der Waals surface area contributed by atoms with E-state index >= 15 is 0 Å². The van der Waals surface area contributed by atoms with E-state index in [2.05, 4.69) is 65.3 Å². The molecule has 2 N–H and O–H groups in total. The van der Waals surface area contributed by atoms with Crippen molar-refractivity contribution < 1.29 is 0 Å². The zero-order chi connectivity index (χ0) is 14.5. The smallest absolute Gasteiger partial charge is 0.0555 e. The zero-order valence-corrected chi connectivity index (χ0v) is 12.2. The summed E-state index contributed by atoms with van der Waals surface area (Å²) in [6.07, 6.45) is 2.43. The maximum absolute atomic E-state index is 5.39. The molecule has 0 fully saturated rings. The van der Waals surface area contributed by atoms with Gasteiger partial charge in [0.25, 0.3) is 0 Å². The van der Waals surface area contributed by atoms with E-state index < -0.39 is 0 Å². The quantitative estimate of drug-likeness (QED) is 0.855. The first-order valence-corrected chi connectivity index (χ1v) is 7.47. The molecule has 1 aliphatic rings. The summed E-state index contributed by atoms with van der Waals surface area (Å²) in [5, 5.41) is 0. The monoisotopic (exact) mass is 276 g/mol. The first-order chi connectivity index (χ1) is 10.4. The van der Waals surface area contributed by atoms with Crippen LogP contribution in [0.4, 0.5) is 5.69 Å². The number of aryl methyl sites for hydroxylation is 1. The number of rotatable bonds is 2. The Labute approximate surface area is 126 Å². The third-order valence-corrected chi connectivity index (χ3v) is 3.87. The van der Waals surface area contributed by atoms with Gasteiger partial charge in [0.05, 0.1) is 6.54 Å². The predicted molar refractivity (Wildman–Crippen MR) is 88.2 cm³/mol. The predicted octanol–water partition coefficient (Wildman–Crippen LogP) is 2.95. The Balaban J connectivity index is 1.75. The van der Waals surface area contributed by atoms with Crippen molar-refractivity contribution >= 4 is 5.69 Å². The van der Waals surface area contributed by atoms with Gasteiger partial charge in [-0.2, -0.15) is 0 Å². The SMILES string of the molecule is NCC#Cc1ccc(CN2CCCc3ccccc32)cc1. The van der Waals surface area contributed by atoms with Gasteiger partial charge < -0.3 is 10.6 Å². The van der Waals surface area contributed by atoms with E-state index in [9.17, 15) is 0 Å². The highest BCUT2D eigenvalue weighted by atomic mass is 15.1. The summed E-state index contributed by atoms with van der Waals surface area (Å²) in [5.41, 5.74) is 10.6. The number of para-hydroxylation sites is 1. The molecule has 2 nitrogen and oxygen atoms in total. The van der Waals surface area contributed by atoms with Crippen LogP contribution in [0.3, 0.4) is 0 Å². The molecule has 1 aliphatic heterocycles. The number of nitrogens with two attached hydrogens (primary N) is 1. The van der Waals surface area contributed by atoms with Crippen LogP contribution in [0.25, 0.3) is 0 Å². The van der Waals surface area contributed by atoms with Crippen molar-refractivity contribution in [3.63, 3.8) is 0 Å². The standard InChI is InChI=1S/C19H20N2/c20-13-3-5-16-9-11-17(12-10-16)15-21-14-4-7-18-6-1-2-8-19(18)21/h1-2,6,8-12H,4,7,13-15,20H2. The van der Waals surface area contributed by atoms with Crippen molar-refractivity contribution in [3.05, 3.63) is 65.2 Å². The molecule has 21 heavy (non-hydrogen) atoms. The van der Waals surface area contributed by atoms with E-state index in [0.717, 1.165) is 18.7 Å². The molecular formula is C19H20N2. The van der Waals surface area contributed by atoms with E-state index in [1.165, 1.54) is 29.7 Å². The summed E-state index contributed by atoms with van der Waals surface area (Å²) in [7, 11) is 0. The fraction of sp³-hybridized carbons (Fsp3) is 0.263. The number of hydrogen-bond acceptors (Lipinski definition) is 2. The minimum Gasteiger partial charge on any atom is -0.367 e.